The van der Waals surface area contributed by atoms with Crippen molar-refractivity contribution in [2.45, 2.75) is 59.2 Å². The van der Waals surface area contributed by atoms with Crippen LogP contribution in [0, 0.1) is 0 Å². The molecule has 0 atom stereocenters. The van der Waals surface area contributed by atoms with E-state index in [1.807, 2.05) is 0 Å². The maximum Gasteiger partial charge on any atom is 0.192 e. The zero-order valence-corrected chi connectivity index (χ0v) is 16.7. The van der Waals surface area contributed by atoms with Gasteiger partial charge in [-0.15, -0.1) is 0 Å². The third-order valence-corrected chi connectivity index (χ3v) is 9.10. The lowest BCUT2D eigenvalue weighted by molar-refractivity contribution is 0.0827. The van der Waals surface area contributed by atoms with E-state index in [1.54, 1.807) is 0 Å². The summed E-state index contributed by atoms with van der Waals surface area (Å²) in [5.74, 6) is 0. The van der Waals surface area contributed by atoms with Crippen LogP contribution in [0.4, 0.5) is 0 Å². The molecule has 134 valence electrons. The maximum absolute atomic E-state index is 6.18. The first kappa shape index (κ1) is 22.1. The van der Waals surface area contributed by atoms with Crippen LogP contribution in [0.1, 0.15) is 41.0 Å². The summed E-state index contributed by atoms with van der Waals surface area (Å²) in [7, 11) is -1.48. The second-order valence-electron chi connectivity index (χ2n) is 5.66. The predicted octanol–water partition coefficient (Wildman–Crippen LogP) is 3.77. The molecule has 0 aliphatic heterocycles. The molecule has 22 heavy (non-hydrogen) atoms. The summed E-state index contributed by atoms with van der Waals surface area (Å²) in [5, 5.41) is 0. The Balaban J connectivity index is 4.21. The first-order chi connectivity index (χ1) is 10.7. The molecule has 0 radical (unpaired) electrons. The summed E-state index contributed by atoms with van der Waals surface area (Å²) < 4.78 is 17.2. The van der Waals surface area contributed by atoms with E-state index in [4.69, 9.17) is 13.9 Å². The molecule has 0 rings (SSSR count). The lowest BCUT2D eigenvalue weighted by atomic mass is 10.4. The Kier molecular flexibility index (Phi) is 14.7. The fourth-order valence-corrected chi connectivity index (χ4v) is 6.00. The van der Waals surface area contributed by atoms with Crippen molar-refractivity contribution in [2.75, 3.05) is 52.7 Å². The fraction of sp³-hybridized carbons (Fsp3) is 1.00. The van der Waals surface area contributed by atoms with Crippen LogP contribution in [0.5, 0.6) is 0 Å². The molecule has 5 heteroatoms. The van der Waals surface area contributed by atoms with Gasteiger partial charge in [0.05, 0.1) is 13.2 Å². The Hall–Kier alpha value is 0.0569. The van der Waals surface area contributed by atoms with E-state index in [-0.39, 0.29) is 0 Å². The van der Waals surface area contributed by atoms with Gasteiger partial charge in [-0.25, -0.2) is 0 Å². The molecule has 0 aromatic rings. The van der Waals surface area contributed by atoms with Crippen LogP contribution in [-0.2, 0) is 13.9 Å². The quantitative estimate of drug-likeness (QED) is 0.318. The molecule has 0 amide bonds. The van der Waals surface area contributed by atoms with E-state index in [0.717, 1.165) is 52.7 Å². The van der Waals surface area contributed by atoms with Crippen LogP contribution in [0.3, 0.4) is 0 Å². The van der Waals surface area contributed by atoms with Gasteiger partial charge < -0.3 is 13.9 Å². The molecular weight excluding hydrogens is 294 g/mol. The number of hydrogen-bond donors (Lipinski definition) is 0. The molecule has 0 saturated carbocycles. The summed E-state index contributed by atoms with van der Waals surface area (Å²) in [4.78, 5) is 2.47. The number of nitrogens with zero attached hydrogens (tertiary/aromatic N) is 1. The topological polar surface area (TPSA) is 30.9 Å². The SMILES string of the molecule is CCOCCN(CCC[Si](CC)(CC)OCC)CCOCC. The molecule has 0 heterocycles. The average molecular weight is 334 g/mol. The highest BCUT2D eigenvalue weighted by molar-refractivity contribution is 6.73. The van der Waals surface area contributed by atoms with Crippen LogP contribution in [0.15, 0.2) is 0 Å². The maximum atomic E-state index is 6.18. The van der Waals surface area contributed by atoms with Gasteiger partial charge in [0.25, 0.3) is 0 Å². The monoisotopic (exact) mass is 333 g/mol. The molecule has 0 saturated heterocycles. The highest BCUT2D eigenvalue weighted by Gasteiger charge is 2.29. The summed E-state index contributed by atoms with van der Waals surface area (Å²) >= 11 is 0. The Morgan fingerprint density at radius 3 is 1.68 bits per heavy atom. The van der Waals surface area contributed by atoms with Gasteiger partial charge >= 0.3 is 0 Å². The van der Waals surface area contributed by atoms with Gasteiger partial charge in [0.15, 0.2) is 8.32 Å². The highest BCUT2D eigenvalue weighted by atomic mass is 28.4. The second kappa shape index (κ2) is 14.6. The van der Waals surface area contributed by atoms with Gasteiger partial charge in [-0.05, 0) is 51.9 Å². The van der Waals surface area contributed by atoms with Crippen molar-refractivity contribution in [3.8, 4) is 0 Å². The Labute approximate surface area is 139 Å². The average Bonchev–Trinajstić information content (AvgIpc) is 2.54. The Morgan fingerprint density at radius 2 is 1.27 bits per heavy atom. The molecule has 0 aliphatic carbocycles. The zero-order valence-electron chi connectivity index (χ0n) is 15.7. The van der Waals surface area contributed by atoms with E-state index < -0.39 is 8.32 Å². The third-order valence-electron chi connectivity index (χ3n) is 4.36. The summed E-state index contributed by atoms with van der Waals surface area (Å²) in [6.07, 6.45) is 1.23. The molecule has 0 bridgehead atoms. The Morgan fingerprint density at radius 1 is 0.727 bits per heavy atom. The standard InChI is InChI=1S/C17H39NO3Si/c1-6-19-15-13-18(14-16-20-7-2)12-11-17-22(9-4,10-5)21-8-3/h6-17H2,1-5H3. The molecule has 0 spiro atoms. The normalized spacial score (nSPS) is 12.3. The molecule has 4 nitrogen and oxygen atoms in total. The van der Waals surface area contributed by atoms with Crippen LogP contribution in [0.2, 0.25) is 18.1 Å². The molecule has 0 aliphatic rings. The zero-order chi connectivity index (χ0) is 16.7. The second-order valence-corrected chi connectivity index (χ2v) is 10.2. The van der Waals surface area contributed by atoms with Crippen LogP contribution in [-0.4, -0.2) is 65.9 Å². The Bertz CT molecular complexity index is 228. The van der Waals surface area contributed by atoms with E-state index in [0.29, 0.717) is 0 Å². The van der Waals surface area contributed by atoms with Gasteiger partial charge in [0.2, 0.25) is 0 Å². The smallest absolute Gasteiger partial charge is 0.192 e. The first-order valence-electron chi connectivity index (χ1n) is 9.19. The van der Waals surface area contributed by atoms with Gasteiger partial charge in [0, 0.05) is 32.9 Å². The van der Waals surface area contributed by atoms with Gasteiger partial charge in [-0.1, -0.05) is 13.8 Å². The summed E-state index contributed by atoms with van der Waals surface area (Å²) in [6, 6.07) is 3.73. The number of hydrogen-bond acceptors (Lipinski definition) is 4. The van der Waals surface area contributed by atoms with E-state index in [9.17, 15) is 0 Å². The molecule has 0 aromatic carbocycles. The lowest BCUT2D eigenvalue weighted by Gasteiger charge is -2.30. The summed E-state index contributed by atoms with van der Waals surface area (Å²) in [6.45, 7) is 18.1. The van der Waals surface area contributed by atoms with Gasteiger partial charge in [-0.2, -0.15) is 0 Å². The minimum Gasteiger partial charge on any atom is -0.417 e. The van der Waals surface area contributed by atoms with Crippen molar-refractivity contribution < 1.29 is 13.9 Å². The lowest BCUT2D eigenvalue weighted by Crippen LogP contribution is -2.38. The highest BCUT2D eigenvalue weighted by Crippen LogP contribution is 2.23. The fourth-order valence-electron chi connectivity index (χ4n) is 2.82. The van der Waals surface area contributed by atoms with E-state index in [1.165, 1.54) is 24.6 Å². The third kappa shape index (κ3) is 9.95. The van der Waals surface area contributed by atoms with Crippen LogP contribution in [0.25, 0.3) is 0 Å². The number of ether oxygens (including phenoxy) is 2. The predicted molar refractivity (Wildman–Crippen MR) is 97.2 cm³/mol. The van der Waals surface area contributed by atoms with Crippen molar-refractivity contribution in [3.05, 3.63) is 0 Å². The van der Waals surface area contributed by atoms with Crippen molar-refractivity contribution in [2.24, 2.45) is 0 Å². The largest absolute Gasteiger partial charge is 0.417 e. The first-order valence-corrected chi connectivity index (χ1v) is 11.7. The number of rotatable bonds is 16. The van der Waals surface area contributed by atoms with Crippen molar-refractivity contribution in [1.82, 2.24) is 4.90 Å². The minimum absolute atomic E-state index is 0.797. The van der Waals surface area contributed by atoms with E-state index in [2.05, 4.69) is 39.5 Å². The van der Waals surface area contributed by atoms with Gasteiger partial charge in [0.1, 0.15) is 0 Å². The molecule has 0 unspecified atom stereocenters. The summed E-state index contributed by atoms with van der Waals surface area (Å²) in [5.41, 5.74) is 0. The van der Waals surface area contributed by atoms with Crippen molar-refractivity contribution in [1.29, 1.82) is 0 Å². The van der Waals surface area contributed by atoms with Crippen LogP contribution < -0.4 is 0 Å². The molecular formula is C17H39NO3Si. The van der Waals surface area contributed by atoms with Crippen molar-refractivity contribution >= 4 is 8.32 Å². The van der Waals surface area contributed by atoms with Crippen LogP contribution >= 0.6 is 0 Å². The van der Waals surface area contributed by atoms with E-state index >= 15 is 0 Å². The minimum atomic E-state index is -1.48. The van der Waals surface area contributed by atoms with Crippen molar-refractivity contribution in [3.63, 3.8) is 0 Å². The molecule has 0 N–H and O–H groups in total. The van der Waals surface area contributed by atoms with Gasteiger partial charge in [-0.3, -0.25) is 4.90 Å². The molecule has 0 aromatic heterocycles. The molecule has 0 fully saturated rings.